The molecule has 2 unspecified atom stereocenters. The first kappa shape index (κ1) is 16.1. The molecule has 1 aromatic rings. The monoisotopic (exact) mass is 314 g/mol. The van der Waals surface area contributed by atoms with Gasteiger partial charge in [0.25, 0.3) is 0 Å². The summed E-state index contributed by atoms with van der Waals surface area (Å²) in [6.07, 6.45) is 1.54. The molecule has 0 aliphatic carbocycles. The summed E-state index contributed by atoms with van der Waals surface area (Å²) in [7, 11) is -0.690. The number of rotatable bonds is 5. The zero-order valence-electron chi connectivity index (χ0n) is 12.5. The van der Waals surface area contributed by atoms with Crippen molar-refractivity contribution in [2.45, 2.75) is 36.7 Å². The van der Waals surface area contributed by atoms with Gasteiger partial charge in [-0.15, -0.1) is 0 Å². The van der Waals surface area contributed by atoms with Gasteiger partial charge in [0, 0.05) is 18.2 Å². The second-order valence-electron chi connectivity index (χ2n) is 5.21. The van der Waals surface area contributed by atoms with Crippen molar-refractivity contribution in [1.29, 1.82) is 0 Å². The molecule has 1 fully saturated rings. The normalized spacial score (nSPS) is 22.8. The Balaban J connectivity index is 2.26. The van der Waals surface area contributed by atoms with E-state index >= 15 is 0 Å². The molecule has 0 bridgehead atoms. The zero-order chi connectivity index (χ0) is 15.5. The van der Waals surface area contributed by atoms with Crippen LogP contribution >= 0.6 is 0 Å². The van der Waals surface area contributed by atoms with Gasteiger partial charge in [-0.3, -0.25) is 0 Å². The molecule has 0 spiro atoms. The molecule has 2 rings (SSSR count). The molecule has 0 saturated carbocycles. The molecule has 7 heteroatoms. The lowest BCUT2D eigenvalue weighted by molar-refractivity contribution is 0.359. The van der Waals surface area contributed by atoms with Crippen molar-refractivity contribution in [2.75, 3.05) is 20.8 Å². The number of piperidine rings is 1. The Kier molecular flexibility index (Phi) is 5.08. The Morgan fingerprint density at radius 3 is 2.67 bits per heavy atom. The van der Waals surface area contributed by atoms with Crippen LogP contribution in [0.1, 0.15) is 19.8 Å². The molecule has 1 aliphatic rings. The molecule has 1 heterocycles. The van der Waals surface area contributed by atoms with Gasteiger partial charge in [0.1, 0.15) is 16.4 Å². The topological polar surface area (TPSA) is 76.7 Å². The average Bonchev–Trinajstić information content (AvgIpc) is 2.46. The first-order valence-electron chi connectivity index (χ1n) is 6.94. The van der Waals surface area contributed by atoms with Gasteiger partial charge in [-0.25, -0.2) is 13.1 Å². The Hall–Kier alpha value is -1.31. The molecule has 2 N–H and O–H groups in total. The molecule has 1 aromatic carbocycles. The molecule has 1 aliphatic heterocycles. The van der Waals surface area contributed by atoms with Gasteiger partial charge in [-0.2, -0.15) is 0 Å². The largest absolute Gasteiger partial charge is 0.497 e. The second kappa shape index (κ2) is 6.64. The van der Waals surface area contributed by atoms with Gasteiger partial charge in [0.15, 0.2) is 0 Å². The fourth-order valence-corrected chi connectivity index (χ4v) is 3.98. The minimum Gasteiger partial charge on any atom is -0.497 e. The third kappa shape index (κ3) is 3.87. The van der Waals surface area contributed by atoms with Gasteiger partial charge in [0.2, 0.25) is 10.0 Å². The first-order chi connectivity index (χ1) is 9.96. The summed E-state index contributed by atoms with van der Waals surface area (Å²) in [6, 6.07) is 4.98. The number of sulfonamides is 1. The minimum atomic E-state index is -3.64. The van der Waals surface area contributed by atoms with Crippen molar-refractivity contribution in [2.24, 2.45) is 0 Å². The molecule has 6 nitrogen and oxygen atoms in total. The predicted octanol–water partition coefficient (Wildman–Crippen LogP) is 1.12. The maximum absolute atomic E-state index is 12.6. The number of ether oxygens (including phenoxy) is 2. The number of methoxy groups -OCH3 is 2. The highest BCUT2D eigenvalue weighted by atomic mass is 32.2. The maximum Gasteiger partial charge on any atom is 0.244 e. The Morgan fingerprint density at radius 2 is 2.05 bits per heavy atom. The van der Waals surface area contributed by atoms with Crippen LogP contribution in [-0.4, -0.2) is 41.3 Å². The van der Waals surface area contributed by atoms with Crippen molar-refractivity contribution in [3.05, 3.63) is 18.2 Å². The van der Waals surface area contributed by atoms with Crippen molar-refractivity contribution < 1.29 is 17.9 Å². The number of hydrogen-bond acceptors (Lipinski definition) is 5. The molecule has 2 atom stereocenters. The van der Waals surface area contributed by atoms with Crippen LogP contribution in [0.15, 0.2) is 23.1 Å². The van der Waals surface area contributed by atoms with E-state index in [4.69, 9.17) is 9.47 Å². The van der Waals surface area contributed by atoms with Crippen LogP contribution in [-0.2, 0) is 10.0 Å². The molecule has 21 heavy (non-hydrogen) atoms. The third-order valence-corrected chi connectivity index (χ3v) is 5.15. The highest BCUT2D eigenvalue weighted by Gasteiger charge is 2.27. The van der Waals surface area contributed by atoms with E-state index in [0.29, 0.717) is 17.5 Å². The highest BCUT2D eigenvalue weighted by Crippen LogP contribution is 2.28. The van der Waals surface area contributed by atoms with Gasteiger partial charge in [0.05, 0.1) is 14.2 Å². The summed E-state index contributed by atoms with van der Waals surface area (Å²) in [6.45, 7) is 2.86. The van der Waals surface area contributed by atoms with Crippen molar-refractivity contribution in [1.82, 2.24) is 10.0 Å². The van der Waals surface area contributed by atoms with E-state index < -0.39 is 10.0 Å². The van der Waals surface area contributed by atoms with Gasteiger partial charge >= 0.3 is 0 Å². The fraction of sp³-hybridized carbons (Fsp3) is 0.571. The van der Waals surface area contributed by atoms with Crippen LogP contribution in [0.2, 0.25) is 0 Å². The summed E-state index contributed by atoms with van der Waals surface area (Å²) in [4.78, 5) is 0.107. The Labute approximate surface area is 125 Å². The quantitative estimate of drug-likeness (QED) is 0.852. The summed E-state index contributed by atoms with van der Waals surface area (Å²) >= 11 is 0. The summed E-state index contributed by atoms with van der Waals surface area (Å²) in [5.74, 6) is 0.792. The molecule has 0 aromatic heterocycles. The summed E-state index contributed by atoms with van der Waals surface area (Å²) in [5, 5.41) is 3.30. The average molecular weight is 314 g/mol. The van der Waals surface area contributed by atoms with E-state index in [0.717, 1.165) is 19.4 Å². The number of hydrogen-bond donors (Lipinski definition) is 2. The van der Waals surface area contributed by atoms with Crippen LogP contribution in [0.25, 0.3) is 0 Å². The van der Waals surface area contributed by atoms with E-state index in [1.54, 1.807) is 12.1 Å². The lowest BCUT2D eigenvalue weighted by Crippen LogP contribution is -2.46. The maximum atomic E-state index is 12.6. The van der Waals surface area contributed by atoms with Crippen molar-refractivity contribution in [3.8, 4) is 11.5 Å². The van der Waals surface area contributed by atoms with E-state index in [1.807, 2.05) is 6.92 Å². The van der Waals surface area contributed by atoms with E-state index in [-0.39, 0.29) is 10.9 Å². The minimum absolute atomic E-state index is 0.0674. The number of nitrogens with one attached hydrogen (secondary N) is 2. The van der Waals surface area contributed by atoms with Crippen LogP contribution in [0, 0.1) is 0 Å². The van der Waals surface area contributed by atoms with Gasteiger partial charge < -0.3 is 14.8 Å². The molecule has 118 valence electrons. The molecule has 0 radical (unpaired) electrons. The van der Waals surface area contributed by atoms with E-state index in [2.05, 4.69) is 10.0 Å². The highest BCUT2D eigenvalue weighted by molar-refractivity contribution is 7.89. The molecular formula is C14H22N2O4S. The zero-order valence-corrected chi connectivity index (χ0v) is 13.4. The van der Waals surface area contributed by atoms with E-state index in [9.17, 15) is 8.42 Å². The SMILES string of the molecule is COc1ccc(OC)c(S(=O)(=O)NC2CCNC(C)C2)c1. The molecule has 1 saturated heterocycles. The Morgan fingerprint density at radius 1 is 1.29 bits per heavy atom. The molecular weight excluding hydrogens is 292 g/mol. The second-order valence-corrected chi connectivity index (χ2v) is 6.90. The van der Waals surface area contributed by atoms with Crippen molar-refractivity contribution in [3.63, 3.8) is 0 Å². The third-order valence-electron chi connectivity index (χ3n) is 3.61. The van der Waals surface area contributed by atoms with Gasteiger partial charge in [-0.05, 0) is 38.4 Å². The standard InChI is InChI=1S/C14H22N2O4S/c1-10-8-11(6-7-15-10)16-21(17,18)14-9-12(19-2)4-5-13(14)20-3/h4-5,9-11,15-16H,6-8H2,1-3H3. The lowest BCUT2D eigenvalue weighted by Gasteiger charge is -2.28. The number of benzene rings is 1. The molecule has 0 amide bonds. The smallest absolute Gasteiger partial charge is 0.244 e. The van der Waals surface area contributed by atoms with Crippen LogP contribution in [0.5, 0.6) is 11.5 Å². The lowest BCUT2D eigenvalue weighted by atomic mass is 10.0. The van der Waals surface area contributed by atoms with Crippen LogP contribution in [0.3, 0.4) is 0 Å². The van der Waals surface area contributed by atoms with Crippen molar-refractivity contribution >= 4 is 10.0 Å². The van der Waals surface area contributed by atoms with Gasteiger partial charge in [-0.1, -0.05) is 0 Å². The first-order valence-corrected chi connectivity index (χ1v) is 8.42. The summed E-state index contributed by atoms with van der Waals surface area (Å²) < 4.78 is 38.2. The summed E-state index contributed by atoms with van der Waals surface area (Å²) in [5.41, 5.74) is 0. The van der Waals surface area contributed by atoms with E-state index in [1.165, 1.54) is 20.3 Å². The van der Waals surface area contributed by atoms with Crippen LogP contribution in [0.4, 0.5) is 0 Å². The predicted molar refractivity (Wildman–Crippen MR) is 80.4 cm³/mol. The Bertz CT molecular complexity index is 589. The fourth-order valence-electron chi connectivity index (χ4n) is 2.52. The van der Waals surface area contributed by atoms with Crippen LogP contribution < -0.4 is 19.5 Å².